The normalized spacial score (nSPS) is 12.0. The standard InChI is InChI=1S/C38H48/c1-2-3-4-5-6-7-8-9-10-11-12-13-14-15-16-17-21-30-22-18-25-33-32(30)28-29-35-34-26-19-23-31-24-20-27-36(37(31)34)38(33)35/h18-20,22-29H,2-17,21H2,1H3. The van der Waals surface area contributed by atoms with Gasteiger partial charge >= 0.3 is 0 Å². The van der Waals surface area contributed by atoms with Crippen molar-refractivity contribution in [3.8, 4) is 22.3 Å². The smallest absolute Gasteiger partial charge is 0.00200 e. The van der Waals surface area contributed by atoms with Gasteiger partial charge < -0.3 is 0 Å². The average molecular weight is 505 g/mol. The van der Waals surface area contributed by atoms with Gasteiger partial charge in [0.15, 0.2) is 0 Å². The summed E-state index contributed by atoms with van der Waals surface area (Å²) in [5.74, 6) is 0. The van der Waals surface area contributed by atoms with E-state index >= 15 is 0 Å². The van der Waals surface area contributed by atoms with Crippen molar-refractivity contribution in [2.75, 3.05) is 0 Å². The summed E-state index contributed by atoms with van der Waals surface area (Å²) < 4.78 is 0. The van der Waals surface area contributed by atoms with Crippen molar-refractivity contribution in [1.82, 2.24) is 0 Å². The van der Waals surface area contributed by atoms with E-state index in [2.05, 4.69) is 73.7 Å². The van der Waals surface area contributed by atoms with E-state index < -0.39 is 0 Å². The summed E-state index contributed by atoms with van der Waals surface area (Å²) in [5.41, 5.74) is 7.20. The van der Waals surface area contributed by atoms with Gasteiger partial charge in [-0.25, -0.2) is 0 Å². The Balaban J connectivity index is 1.03. The van der Waals surface area contributed by atoms with E-state index in [4.69, 9.17) is 0 Å². The van der Waals surface area contributed by atoms with Gasteiger partial charge in [-0.3, -0.25) is 0 Å². The molecule has 1 aliphatic carbocycles. The van der Waals surface area contributed by atoms with Crippen molar-refractivity contribution in [2.24, 2.45) is 0 Å². The number of hydrogen-bond acceptors (Lipinski definition) is 0. The Labute approximate surface area is 231 Å². The Kier molecular flexibility index (Phi) is 9.93. The van der Waals surface area contributed by atoms with E-state index in [0.717, 1.165) is 0 Å². The van der Waals surface area contributed by atoms with Crippen LogP contribution in [0, 0.1) is 0 Å². The maximum Gasteiger partial charge on any atom is -0.00200 e. The van der Waals surface area contributed by atoms with Crippen LogP contribution in [0.15, 0.2) is 66.7 Å². The van der Waals surface area contributed by atoms with E-state index in [1.165, 1.54) is 159 Å². The summed E-state index contributed by atoms with van der Waals surface area (Å²) in [6.07, 6.45) is 24.0. The molecule has 0 fully saturated rings. The van der Waals surface area contributed by atoms with Gasteiger partial charge in [-0.15, -0.1) is 0 Å². The first-order valence-corrected chi connectivity index (χ1v) is 16.0. The molecule has 0 bridgehead atoms. The molecule has 0 aromatic heterocycles. The second kappa shape index (κ2) is 14.0. The van der Waals surface area contributed by atoms with Crippen LogP contribution in [0.4, 0.5) is 0 Å². The largest absolute Gasteiger partial charge is 0.0654 e. The topological polar surface area (TPSA) is 0 Å². The van der Waals surface area contributed by atoms with Gasteiger partial charge in [0.05, 0.1) is 0 Å². The van der Waals surface area contributed by atoms with E-state index in [9.17, 15) is 0 Å². The van der Waals surface area contributed by atoms with Crippen LogP contribution in [0.5, 0.6) is 0 Å². The molecule has 0 spiro atoms. The van der Waals surface area contributed by atoms with Crippen LogP contribution in [-0.2, 0) is 6.42 Å². The van der Waals surface area contributed by atoms with Crippen LogP contribution in [0.25, 0.3) is 43.8 Å². The van der Waals surface area contributed by atoms with Crippen LogP contribution in [0.2, 0.25) is 0 Å². The molecule has 0 saturated heterocycles. The predicted molar refractivity (Wildman–Crippen MR) is 169 cm³/mol. The molecule has 0 unspecified atom stereocenters. The van der Waals surface area contributed by atoms with Gasteiger partial charge in [-0.1, -0.05) is 170 Å². The van der Waals surface area contributed by atoms with Gasteiger partial charge in [0.2, 0.25) is 0 Å². The minimum absolute atomic E-state index is 1.20. The molecule has 4 aromatic rings. The Morgan fingerprint density at radius 3 is 1.61 bits per heavy atom. The summed E-state index contributed by atoms with van der Waals surface area (Å²) in [7, 11) is 0. The molecular weight excluding hydrogens is 456 g/mol. The van der Waals surface area contributed by atoms with Crippen molar-refractivity contribution in [3.63, 3.8) is 0 Å². The third-order valence-corrected chi connectivity index (χ3v) is 8.92. The molecule has 0 saturated carbocycles. The lowest BCUT2D eigenvalue weighted by Gasteiger charge is -2.12. The molecule has 1 aliphatic rings. The fourth-order valence-corrected chi connectivity index (χ4v) is 6.79. The molecule has 200 valence electrons. The summed E-state index contributed by atoms with van der Waals surface area (Å²) >= 11 is 0. The number of rotatable bonds is 17. The van der Waals surface area contributed by atoms with Crippen molar-refractivity contribution >= 4 is 21.5 Å². The zero-order valence-electron chi connectivity index (χ0n) is 23.9. The van der Waals surface area contributed by atoms with E-state index in [1.54, 1.807) is 0 Å². The number of aryl methyl sites for hydroxylation is 1. The lowest BCUT2D eigenvalue weighted by atomic mass is 9.92. The zero-order valence-corrected chi connectivity index (χ0v) is 23.9. The molecule has 4 aromatic carbocycles. The highest BCUT2D eigenvalue weighted by Gasteiger charge is 2.23. The van der Waals surface area contributed by atoms with Crippen LogP contribution >= 0.6 is 0 Å². The van der Waals surface area contributed by atoms with Gasteiger partial charge in [-0.2, -0.15) is 0 Å². The lowest BCUT2D eigenvalue weighted by molar-refractivity contribution is 0.529. The molecule has 0 heterocycles. The van der Waals surface area contributed by atoms with E-state index in [0.29, 0.717) is 0 Å². The first-order valence-electron chi connectivity index (χ1n) is 16.0. The Morgan fingerprint density at radius 1 is 0.421 bits per heavy atom. The maximum atomic E-state index is 2.39. The van der Waals surface area contributed by atoms with Crippen molar-refractivity contribution in [2.45, 2.75) is 116 Å². The summed E-state index contributed by atoms with van der Waals surface area (Å²) in [5, 5.41) is 5.67. The van der Waals surface area contributed by atoms with Crippen LogP contribution in [0.1, 0.15) is 115 Å². The molecule has 0 atom stereocenters. The molecule has 0 radical (unpaired) electrons. The third-order valence-electron chi connectivity index (χ3n) is 8.92. The molecular formula is C38H48. The van der Waals surface area contributed by atoms with Crippen molar-refractivity contribution in [3.05, 3.63) is 72.3 Å². The molecule has 0 aliphatic heterocycles. The second-order valence-electron chi connectivity index (χ2n) is 11.8. The van der Waals surface area contributed by atoms with Crippen LogP contribution < -0.4 is 0 Å². The average Bonchev–Trinajstić information content (AvgIpc) is 3.29. The predicted octanol–water partition coefficient (Wildman–Crippen LogP) is 12.4. The second-order valence-corrected chi connectivity index (χ2v) is 11.8. The van der Waals surface area contributed by atoms with E-state index in [1.807, 2.05) is 0 Å². The quantitative estimate of drug-likeness (QED) is 0.110. The summed E-state index contributed by atoms with van der Waals surface area (Å²) in [6, 6.07) is 25.3. The highest BCUT2D eigenvalue weighted by Crippen LogP contribution is 2.50. The van der Waals surface area contributed by atoms with Crippen molar-refractivity contribution < 1.29 is 0 Å². The van der Waals surface area contributed by atoms with Gasteiger partial charge in [0.1, 0.15) is 0 Å². The molecule has 0 amide bonds. The Hall–Kier alpha value is -2.60. The highest BCUT2D eigenvalue weighted by molar-refractivity contribution is 6.21. The monoisotopic (exact) mass is 504 g/mol. The number of unbranched alkanes of at least 4 members (excludes halogenated alkanes) is 15. The SMILES string of the molecule is CCCCCCCCCCCCCCCCCCc1cccc2c3c(ccc12)-c1cccc2cccc-3c12. The van der Waals surface area contributed by atoms with Crippen molar-refractivity contribution in [1.29, 1.82) is 0 Å². The molecule has 38 heavy (non-hydrogen) atoms. The molecule has 0 nitrogen and oxygen atoms in total. The summed E-state index contributed by atoms with van der Waals surface area (Å²) in [6.45, 7) is 2.30. The first kappa shape index (κ1) is 27.0. The first-order chi connectivity index (χ1) is 18.9. The fourth-order valence-electron chi connectivity index (χ4n) is 6.79. The number of hydrogen-bond donors (Lipinski definition) is 0. The maximum absolute atomic E-state index is 2.39. The van der Waals surface area contributed by atoms with Gasteiger partial charge in [0, 0.05) is 0 Å². The highest BCUT2D eigenvalue weighted by atomic mass is 14.3. The number of fused-ring (bicyclic) bond motifs is 5. The third kappa shape index (κ3) is 6.33. The number of benzene rings is 4. The minimum atomic E-state index is 1.20. The van der Waals surface area contributed by atoms with Crippen LogP contribution in [0.3, 0.4) is 0 Å². The molecule has 5 rings (SSSR count). The van der Waals surface area contributed by atoms with E-state index in [-0.39, 0.29) is 0 Å². The Morgan fingerprint density at radius 2 is 0.974 bits per heavy atom. The minimum Gasteiger partial charge on any atom is -0.0654 e. The van der Waals surface area contributed by atoms with Gasteiger partial charge in [-0.05, 0) is 62.2 Å². The van der Waals surface area contributed by atoms with Crippen LogP contribution in [-0.4, -0.2) is 0 Å². The fraction of sp³-hybridized carbons (Fsp3) is 0.474. The Bertz CT molecular complexity index is 1310. The zero-order chi connectivity index (χ0) is 26.0. The molecule has 0 N–H and O–H groups in total. The summed E-state index contributed by atoms with van der Waals surface area (Å²) in [4.78, 5) is 0. The lowest BCUT2D eigenvalue weighted by Crippen LogP contribution is -1.90. The van der Waals surface area contributed by atoms with Gasteiger partial charge in [0.25, 0.3) is 0 Å². The molecule has 0 heteroatoms.